The molecule has 0 aromatic heterocycles. The molecule has 2 N–H and O–H groups in total. The van der Waals surface area contributed by atoms with E-state index in [-0.39, 0.29) is 0 Å². The van der Waals surface area contributed by atoms with E-state index in [1.54, 1.807) is 0 Å². The Labute approximate surface area is 88.4 Å². The Morgan fingerprint density at radius 1 is 0.786 bits per heavy atom. The topological polar surface area (TPSA) is 26.0 Å². The molecule has 3 rings (SSSR count). The zero-order valence-electron chi connectivity index (χ0n) is 9.38. The Balaban J connectivity index is 2.02. The van der Waals surface area contributed by atoms with Gasteiger partial charge in [-0.15, -0.1) is 0 Å². The molecule has 3 fully saturated rings. The second-order valence-electron chi connectivity index (χ2n) is 5.52. The molecule has 0 saturated heterocycles. The summed E-state index contributed by atoms with van der Waals surface area (Å²) in [5, 5.41) is 0. The summed E-state index contributed by atoms with van der Waals surface area (Å²) in [7, 11) is 0. The highest BCUT2D eigenvalue weighted by atomic mass is 14.6. The minimum Gasteiger partial charge on any atom is -0.330 e. The summed E-state index contributed by atoms with van der Waals surface area (Å²) >= 11 is 0. The van der Waals surface area contributed by atoms with Gasteiger partial charge in [0.15, 0.2) is 0 Å². The second kappa shape index (κ2) is 5.16. The van der Waals surface area contributed by atoms with Crippen molar-refractivity contribution in [2.24, 2.45) is 23.5 Å². The molecule has 0 aliphatic heterocycles. The predicted molar refractivity (Wildman–Crippen MR) is 61.1 cm³/mol. The van der Waals surface area contributed by atoms with E-state index in [4.69, 9.17) is 5.73 Å². The van der Waals surface area contributed by atoms with Crippen LogP contribution in [0.15, 0.2) is 0 Å². The predicted octanol–water partition coefficient (Wildman–Crippen LogP) is 3.33. The fourth-order valence-corrected chi connectivity index (χ4v) is 3.55. The second-order valence-corrected chi connectivity index (χ2v) is 5.52. The highest BCUT2D eigenvalue weighted by Crippen LogP contribution is 2.36. The smallest absolute Gasteiger partial charge is 0.00487 e. The van der Waals surface area contributed by atoms with Gasteiger partial charge in [0.2, 0.25) is 0 Å². The normalized spacial score (nSPS) is 39.6. The van der Waals surface area contributed by atoms with Crippen LogP contribution in [0.1, 0.15) is 57.8 Å². The van der Waals surface area contributed by atoms with Gasteiger partial charge in [0, 0.05) is 0 Å². The maximum absolute atomic E-state index is 5.88. The number of nitrogens with two attached hydrogens (primary N) is 1. The number of fused-ring (bicyclic) bond motifs is 7. The SMILES string of the molecule is NCC1CC2CCCCC(CCC2)C1. The van der Waals surface area contributed by atoms with Gasteiger partial charge in [-0.3, -0.25) is 0 Å². The van der Waals surface area contributed by atoms with Gasteiger partial charge in [0.1, 0.15) is 0 Å². The largest absolute Gasteiger partial charge is 0.330 e. The van der Waals surface area contributed by atoms with Crippen LogP contribution in [-0.4, -0.2) is 6.54 Å². The zero-order valence-corrected chi connectivity index (χ0v) is 9.38. The molecular weight excluding hydrogens is 170 g/mol. The van der Waals surface area contributed by atoms with Gasteiger partial charge in [0.25, 0.3) is 0 Å². The molecule has 3 saturated carbocycles. The van der Waals surface area contributed by atoms with Gasteiger partial charge in [-0.05, 0) is 37.1 Å². The van der Waals surface area contributed by atoms with E-state index in [0.717, 1.165) is 24.3 Å². The lowest BCUT2D eigenvalue weighted by molar-refractivity contribution is 0.251. The molecule has 2 atom stereocenters. The van der Waals surface area contributed by atoms with Crippen molar-refractivity contribution in [3.8, 4) is 0 Å². The summed E-state index contributed by atoms with van der Waals surface area (Å²) < 4.78 is 0. The van der Waals surface area contributed by atoms with Crippen LogP contribution < -0.4 is 5.73 Å². The molecule has 1 nitrogen and oxygen atoms in total. The van der Waals surface area contributed by atoms with Crippen LogP contribution in [0.3, 0.4) is 0 Å². The molecule has 3 aliphatic carbocycles. The van der Waals surface area contributed by atoms with E-state index in [1.165, 1.54) is 57.8 Å². The molecule has 0 amide bonds. The maximum Gasteiger partial charge on any atom is -0.00487 e. The van der Waals surface area contributed by atoms with Gasteiger partial charge in [-0.1, -0.05) is 44.9 Å². The monoisotopic (exact) mass is 195 g/mol. The van der Waals surface area contributed by atoms with Gasteiger partial charge in [0.05, 0.1) is 0 Å². The quantitative estimate of drug-likeness (QED) is 0.682. The lowest BCUT2D eigenvalue weighted by atomic mass is 9.79. The van der Waals surface area contributed by atoms with Crippen molar-refractivity contribution in [1.82, 2.24) is 0 Å². The van der Waals surface area contributed by atoms with Crippen molar-refractivity contribution in [2.75, 3.05) is 6.54 Å². The fourth-order valence-electron chi connectivity index (χ4n) is 3.55. The van der Waals surface area contributed by atoms with Crippen LogP contribution in [0.5, 0.6) is 0 Å². The van der Waals surface area contributed by atoms with Crippen molar-refractivity contribution < 1.29 is 0 Å². The van der Waals surface area contributed by atoms with Crippen LogP contribution in [0, 0.1) is 17.8 Å². The van der Waals surface area contributed by atoms with Gasteiger partial charge >= 0.3 is 0 Å². The Hall–Kier alpha value is -0.0400. The zero-order chi connectivity index (χ0) is 9.80. The van der Waals surface area contributed by atoms with Crippen molar-refractivity contribution in [1.29, 1.82) is 0 Å². The highest BCUT2D eigenvalue weighted by Gasteiger charge is 2.24. The van der Waals surface area contributed by atoms with Crippen molar-refractivity contribution in [3.63, 3.8) is 0 Å². The van der Waals surface area contributed by atoms with Crippen LogP contribution in [0.2, 0.25) is 0 Å². The van der Waals surface area contributed by atoms with Gasteiger partial charge in [-0.25, -0.2) is 0 Å². The van der Waals surface area contributed by atoms with Crippen LogP contribution in [-0.2, 0) is 0 Å². The van der Waals surface area contributed by atoms with Gasteiger partial charge < -0.3 is 5.73 Å². The summed E-state index contributed by atoms with van der Waals surface area (Å²) in [5.41, 5.74) is 5.88. The molecule has 0 aromatic carbocycles. The summed E-state index contributed by atoms with van der Waals surface area (Å²) in [6, 6.07) is 0. The molecule has 2 unspecified atom stereocenters. The first-order chi connectivity index (χ1) is 6.88. The van der Waals surface area contributed by atoms with E-state index in [1.807, 2.05) is 0 Å². The standard InChI is InChI=1S/C13H25N/c14-10-13-8-11-4-1-2-5-12(9-13)7-3-6-11/h11-13H,1-10,14H2. The number of rotatable bonds is 1. The minimum atomic E-state index is 0.850. The summed E-state index contributed by atoms with van der Waals surface area (Å²) in [6.45, 7) is 0.938. The first kappa shape index (κ1) is 10.5. The molecule has 0 spiro atoms. The third-order valence-electron chi connectivity index (χ3n) is 4.37. The number of hydrogen-bond acceptors (Lipinski definition) is 1. The third kappa shape index (κ3) is 2.73. The lowest BCUT2D eigenvalue weighted by Crippen LogP contribution is -2.22. The van der Waals surface area contributed by atoms with E-state index in [9.17, 15) is 0 Å². The fraction of sp³-hybridized carbons (Fsp3) is 1.00. The van der Waals surface area contributed by atoms with Crippen molar-refractivity contribution in [2.45, 2.75) is 57.8 Å². The van der Waals surface area contributed by atoms with E-state index < -0.39 is 0 Å². The molecular formula is C13H25N. The Bertz CT molecular complexity index is 147. The lowest BCUT2D eigenvalue weighted by Gasteiger charge is -2.28. The first-order valence-corrected chi connectivity index (χ1v) is 6.58. The Morgan fingerprint density at radius 2 is 1.29 bits per heavy atom. The molecule has 0 radical (unpaired) electrons. The minimum absolute atomic E-state index is 0.850. The van der Waals surface area contributed by atoms with Crippen molar-refractivity contribution in [3.05, 3.63) is 0 Å². The maximum atomic E-state index is 5.88. The molecule has 0 heterocycles. The summed E-state index contributed by atoms with van der Waals surface area (Å²) in [4.78, 5) is 0. The summed E-state index contributed by atoms with van der Waals surface area (Å²) in [5.74, 6) is 2.88. The molecule has 14 heavy (non-hydrogen) atoms. The molecule has 2 bridgehead atoms. The average molecular weight is 195 g/mol. The molecule has 82 valence electrons. The van der Waals surface area contributed by atoms with Crippen LogP contribution in [0.25, 0.3) is 0 Å². The van der Waals surface area contributed by atoms with Crippen LogP contribution in [0.4, 0.5) is 0 Å². The van der Waals surface area contributed by atoms with Crippen molar-refractivity contribution >= 4 is 0 Å². The van der Waals surface area contributed by atoms with Gasteiger partial charge in [-0.2, -0.15) is 0 Å². The highest BCUT2D eigenvalue weighted by molar-refractivity contribution is 4.77. The average Bonchev–Trinajstić information content (AvgIpc) is 2.32. The van der Waals surface area contributed by atoms with E-state index in [2.05, 4.69) is 0 Å². The first-order valence-electron chi connectivity index (χ1n) is 6.58. The summed E-state index contributed by atoms with van der Waals surface area (Å²) in [6.07, 6.45) is 13.3. The third-order valence-corrected chi connectivity index (χ3v) is 4.37. The Kier molecular flexibility index (Phi) is 3.86. The van der Waals surface area contributed by atoms with Crippen LogP contribution >= 0.6 is 0 Å². The molecule has 1 heteroatoms. The molecule has 0 aromatic rings. The Morgan fingerprint density at radius 3 is 1.79 bits per heavy atom. The van der Waals surface area contributed by atoms with E-state index in [0.29, 0.717) is 0 Å². The molecule has 3 aliphatic rings. The number of hydrogen-bond donors (Lipinski definition) is 1. The van der Waals surface area contributed by atoms with E-state index >= 15 is 0 Å².